The van der Waals surface area contributed by atoms with E-state index in [1.54, 1.807) is 6.92 Å². The SMILES string of the molecule is Cc1noc(COCC(=O)N(C)C(Cc2ccccc2)C(=O)O)n1. The fraction of sp³-hybridized carbons (Fsp3) is 0.375. The fourth-order valence-corrected chi connectivity index (χ4v) is 2.13. The highest BCUT2D eigenvalue weighted by molar-refractivity contribution is 5.84. The Morgan fingerprint density at radius 2 is 2.04 bits per heavy atom. The van der Waals surface area contributed by atoms with Gasteiger partial charge in [-0.15, -0.1) is 0 Å². The van der Waals surface area contributed by atoms with Crippen molar-refractivity contribution in [3.05, 3.63) is 47.6 Å². The lowest BCUT2D eigenvalue weighted by Gasteiger charge is -2.24. The van der Waals surface area contributed by atoms with E-state index < -0.39 is 17.9 Å². The van der Waals surface area contributed by atoms with Gasteiger partial charge in [0.15, 0.2) is 5.82 Å². The van der Waals surface area contributed by atoms with Crippen molar-refractivity contribution >= 4 is 11.9 Å². The van der Waals surface area contributed by atoms with Crippen LogP contribution in [0.5, 0.6) is 0 Å². The first-order valence-electron chi connectivity index (χ1n) is 7.36. The van der Waals surface area contributed by atoms with E-state index in [0.29, 0.717) is 5.82 Å². The van der Waals surface area contributed by atoms with Gasteiger partial charge in [0.05, 0.1) is 0 Å². The van der Waals surface area contributed by atoms with Crippen molar-refractivity contribution in [3.8, 4) is 0 Å². The van der Waals surface area contributed by atoms with Gasteiger partial charge < -0.3 is 19.3 Å². The van der Waals surface area contributed by atoms with Crippen LogP contribution in [-0.4, -0.2) is 51.7 Å². The minimum Gasteiger partial charge on any atom is -0.480 e. The number of carboxylic acid groups (broad SMARTS) is 1. The molecule has 2 aromatic rings. The number of carbonyl (C=O) groups excluding carboxylic acids is 1. The van der Waals surface area contributed by atoms with E-state index >= 15 is 0 Å². The summed E-state index contributed by atoms with van der Waals surface area (Å²) in [5.41, 5.74) is 0.840. The quantitative estimate of drug-likeness (QED) is 0.769. The molecule has 1 unspecified atom stereocenters. The summed E-state index contributed by atoms with van der Waals surface area (Å²) >= 11 is 0. The molecular weight excluding hydrogens is 314 g/mol. The topological polar surface area (TPSA) is 106 Å². The lowest BCUT2D eigenvalue weighted by molar-refractivity contribution is -0.151. The first-order chi connectivity index (χ1) is 11.5. The predicted molar refractivity (Wildman–Crippen MR) is 83.0 cm³/mol. The number of likely N-dealkylation sites (N-methyl/N-ethyl adjacent to an activating group) is 1. The second kappa shape index (κ2) is 8.21. The molecule has 1 heterocycles. The summed E-state index contributed by atoms with van der Waals surface area (Å²) in [5, 5.41) is 13.0. The molecule has 24 heavy (non-hydrogen) atoms. The molecule has 1 atom stereocenters. The third-order valence-corrected chi connectivity index (χ3v) is 3.44. The molecule has 1 aromatic carbocycles. The fourth-order valence-electron chi connectivity index (χ4n) is 2.13. The molecule has 0 saturated heterocycles. The van der Waals surface area contributed by atoms with Crippen LogP contribution in [0.4, 0.5) is 0 Å². The number of hydrogen-bond donors (Lipinski definition) is 1. The highest BCUT2D eigenvalue weighted by Gasteiger charge is 2.26. The zero-order chi connectivity index (χ0) is 17.5. The van der Waals surface area contributed by atoms with E-state index in [2.05, 4.69) is 10.1 Å². The van der Waals surface area contributed by atoms with Crippen molar-refractivity contribution in [2.24, 2.45) is 0 Å². The molecule has 8 heteroatoms. The first kappa shape index (κ1) is 17.6. The standard InChI is InChI=1S/C16H19N3O5/c1-11-17-14(24-18-11)9-23-10-15(20)19(2)13(16(21)22)8-12-6-4-3-5-7-12/h3-7,13H,8-10H2,1-2H3,(H,21,22). The highest BCUT2D eigenvalue weighted by Crippen LogP contribution is 2.09. The van der Waals surface area contributed by atoms with E-state index in [9.17, 15) is 14.7 Å². The average Bonchev–Trinajstić information content (AvgIpc) is 2.98. The van der Waals surface area contributed by atoms with E-state index in [-0.39, 0.29) is 25.5 Å². The maximum atomic E-state index is 12.1. The summed E-state index contributed by atoms with van der Waals surface area (Å²) in [6.07, 6.45) is 0.223. The van der Waals surface area contributed by atoms with Gasteiger partial charge in [-0.1, -0.05) is 35.5 Å². The molecule has 0 aliphatic rings. The molecule has 0 saturated carbocycles. The van der Waals surface area contributed by atoms with E-state index in [1.165, 1.54) is 11.9 Å². The van der Waals surface area contributed by atoms with E-state index in [1.807, 2.05) is 30.3 Å². The Hall–Kier alpha value is -2.74. The maximum absolute atomic E-state index is 12.1. The Bertz CT molecular complexity index is 686. The average molecular weight is 333 g/mol. The number of nitrogens with zero attached hydrogens (tertiary/aromatic N) is 3. The molecule has 0 radical (unpaired) electrons. The number of amides is 1. The lowest BCUT2D eigenvalue weighted by atomic mass is 10.1. The monoisotopic (exact) mass is 333 g/mol. The Morgan fingerprint density at radius 3 is 2.62 bits per heavy atom. The number of aromatic nitrogens is 2. The van der Waals surface area contributed by atoms with Gasteiger partial charge in [-0.05, 0) is 12.5 Å². The van der Waals surface area contributed by atoms with Crippen LogP contribution >= 0.6 is 0 Å². The van der Waals surface area contributed by atoms with Crippen LogP contribution < -0.4 is 0 Å². The smallest absolute Gasteiger partial charge is 0.326 e. The Balaban J connectivity index is 1.89. The summed E-state index contributed by atoms with van der Waals surface area (Å²) in [6.45, 7) is 1.40. The van der Waals surface area contributed by atoms with Crippen LogP contribution in [0.25, 0.3) is 0 Å². The molecule has 1 aromatic heterocycles. The first-order valence-corrected chi connectivity index (χ1v) is 7.36. The summed E-state index contributed by atoms with van der Waals surface area (Å²) in [6, 6.07) is 8.18. The molecule has 0 aliphatic heterocycles. The zero-order valence-corrected chi connectivity index (χ0v) is 13.5. The second-order valence-electron chi connectivity index (χ2n) is 5.28. The third-order valence-electron chi connectivity index (χ3n) is 3.44. The predicted octanol–water partition coefficient (Wildman–Crippen LogP) is 1.05. The number of carboxylic acids is 1. The number of aryl methyl sites for hydroxylation is 1. The Labute approximate surface area is 139 Å². The second-order valence-corrected chi connectivity index (χ2v) is 5.28. The maximum Gasteiger partial charge on any atom is 0.326 e. The molecule has 0 fully saturated rings. The van der Waals surface area contributed by atoms with Crippen LogP contribution in [0.3, 0.4) is 0 Å². The van der Waals surface area contributed by atoms with Crippen LogP contribution in [0.15, 0.2) is 34.9 Å². The summed E-state index contributed by atoms with van der Waals surface area (Å²) in [5.74, 6) is -0.760. The summed E-state index contributed by atoms with van der Waals surface area (Å²) < 4.78 is 10.1. The number of rotatable bonds is 8. The number of aliphatic carboxylic acids is 1. The molecule has 128 valence electrons. The Morgan fingerprint density at radius 1 is 1.33 bits per heavy atom. The van der Waals surface area contributed by atoms with Gasteiger partial charge >= 0.3 is 5.97 Å². The normalized spacial score (nSPS) is 11.9. The summed E-state index contributed by atoms with van der Waals surface area (Å²) in [7, 11) is 1.45. The third kappa shape index (κ3) is 4.88. The van der Waals surface area contributed by atoms with Crippen LogP contribution in [-0.2, 0) is 27.4 Å². The molecule has 0 bridgehead atoms. The molecule has 2 rings (SSSR count). The van der Waals surface area contributed by atoms with Crippen molar-refractivity contribution in [1.82, 2.24) is 15.0 Å². The van der Waals surface area contributed by atoms with Crippen molar-refractivity contribution in [1.29, 1.82) is 0 Å². The largest absolute Gasteiger partial charge is 0.480 e. The number of benzene rings is 1. The van der Waals surface area contributed by atoms with Crippen LogP contribution in [0, 0.1) is 6.92 Å². The number of ether oxygens (including phenoxy) is 1. The number of hydrogen-bond acceptors (Lipinski definition) is 6. The minimum atomic E-state index is -1.07. The Kier molecular flexibility index (Phi) is 6.02. The van der Waals surface area contributed by atoms with Gasteiger partial charge in [-0.3, -0.25) is 4.79 Å². The summed E-state index contributed by atoms with van der Waals surface area (Å²) in [4.78, 5) is 28.8. The zero-order valence-electron chi connectivity index (χ0n) is 13.5. The minimum absolute atomic E-state index is 0.00313. The van der Waals surface area contributed by atoms with Crippen molar-refractivity contribution in [2.75, 3.05) is 13.7 Å². The van der Waals surface area contributed by atoms with Gasteiger partial charge in [0.25, 0.3) is 5.89 Å². The molecule has 0 aliphatic carbocycles. The van der Waals surface area contributed by atoms with Crippen LogP contribution in [0.2, 0.25) is 0 Å². The van der Waals surface area contributed by atoms with Crippen molar-refractivity contribution in [3.63, 3.8) is 0 Å². The van der Waals surface area contributed by atoms with Gasteiger partial charge in [0.2, 0.25) is 5.91 Å². The number of carbonyl (C=O) groups is 2. The van der Waals surface area contributed by atoms with Gasteiger partial charge in [-0.25, -0.2) is 4.79 Å². The molecule has 1 amide bonds. The molecule has 0 spiro atoms. The molecule has 8 nitrogen and oxygen atoms in total. The van der Waals surface area contributed by atoms with Crippen molar-refractivity contribution < 1.29 is 24.0 Å². The van der Waals surface area contributed by atoms with Gasteiger partial charge in [0.1, 0.15) is 19.3 Å². The molecule has 1 N–H and O–H groups in total. The van der Waals surface area contributed by atoms with Gasteiger partial charge in [-0.2, -0.15) is 4.98 Å². The van der Waals surface area contributed by atoms with E-state index in [0.717, 1.165) is 5.56 Å². The lowest BCUT2D eigenvalue weighted by Crippen LogP contribution is -2.45. The van der Waals surface area contributed by atoms with Gasteiger partial charge in [0, 0.05) is 13.5 Å². The molecular formula is C16H19N3O5. The van der Waals surface area contributed by atoms with Crippen LogP contribution in [0.1, 0.15) is 17.3 Å². The van der Waals surface area contributed by atoms with E-state index in [4.69, 9.17) is 9.26 Å². The van der Waals surface area contributed by atoms with Crippen molar-refractivity contribution in [2.45, 2.75) is 26.0 Å². The highest BCUT2D eigenvalue weighted by atomic mass is 16.5.